The van der Waals surface area contributed by atoms with Gasteiger partial charge in [0, 0.05) is 36.6 Å². The molecule has 4 aromatic rings. The van der Waals surface area contributed by atoms with Crippen molar-refractivity contribution in [2.45, 2.75) is 26.1 Å². The minimum Gasteiger partial charge on any atom is -0.478 e. The summed E-state index contributed by atoms with van der Waals surface area (Å²) in [5, 5.41) is 12.6. The Morgan fingerprint density at radius 2 is 1.76 bits per heavy atom. The summed E-state index contributed by atoms with van der Waals surface area (Å²) in [6.07, 6.45) is 1.12. The van der Waals surface area contributed by atoms with Crippen LogP contribution < -0.4 is 15.8 Å². The molecule has 0 radical (unpaired) electrons. The number of aromatic carboxylic acids is 1. The highest BCUT2D eigenvalue weighted by Gasteiger charge is 2.22. The Bertz CT molecular complexity index is 1420. The number of para-hydroxylation sites is 1. The van der Waals surface area contributed by atoms with Crippen LogP contribution in [0.25, 0.3) is 5.65 Å². The number of pyridine rings is 1. The van der Waals surface area contributed by atoms with Gasteiger partial charge in [-0.2, -0.15) is 0 Å². The first kappa shape index (κ1) is 20.7. The summed E-state index contributed by atoms with van der Waals surface area (Å²) >= 11 is 0. The minimum atomic E-state index is -1.07. The van der Waals surface area contributed by atoms with Gasteiger partial charge in [0.25, 0.3) is 5.56 Å². The topological polar surface area (TPSA) is 86.9 Å². The van der Waals surface area contributed by atoms with Crippen molar-refractivity contribution < 1.29 is 14.3 Å². The van der Waals surface area contributed by atoms with E-state index in [-0.39, 0.29) is 11.1 Å². The van der Waals surface area contributed by atoms with Gasteiger partial charge < -0.3 is 15.3 Å². The Hall–Kier alpha value is -4.20. The molecule has 1 aliphatic rings. The van der Waals surface area contributed by atoms with Crippen LogP contribution in [0.15, 0.2) is 71.7 Å². The lowest BCUT2D eigenvalue weighted by Crippen LogP contribution is -2.23. The number of carboxylic acids is 1. The number of hydrogen-bond acceptors (Lipinski definition) is 5. The molecule has 2 aromatic carbocycles. The third-order valence-electron chi connectivity index (χ3n) is 5.90. The highest BCUT2D eigenvalue weighted by atomic mass is 19.1. The zero-order valence-electron chi connectivity index (χ0n) is 17.8. The summed E-state index contributed by atoms with van der Waals surface area (Å²) in [7, 11) is 0. The fourth-order valence-corrected chi connectivity index (χ4v) is 4.26. The number of hydrogen-bond donors (Lipinski definition) is 2. The number of fused-ring (bicyclic) bond motifs is 2. The van der Waals surface area contributed by atoms with E-state index in [4.69, 9.17) is 4.98 Å². The smallest absolute Gasteiger partial charge is 0.337 e. The third-order valence-corrected chi connectivity index (χ3v) is 5.90. The van der Waals surface area contributed by atoms with Crippen LogP contribution in [0.3, 0.4) is 0 Å². The Labute approximate surface area is 188 Å². The van der Waals surface area contributed by atoms with E-state index in [0.717, 1.165) is 6.20 Å². The summed E-state index contributed by atoms with van der Waals surface area (Å²) < 4.78 is 15.6. The molecule has 0 aliphatic carbocycles. The standard InChI is InChI=1S/C25H21FN4O3/c1-15(27-21-9-5-4-8-19(21)25(32)33)20-10-18(26)14-30-23(31)11-22(28-24(20)30)29-12-16-6-2-3-7-17(16)13-29/h2-11,14-15,27H,12-13H2,1H3,(H,32,33)/t15-/m1/s1. The molecule has 1 atom stereocenters. The van der Waals surface area contributed by atoms with Gasteiger partial charge in [0.05, 0.1) is 11.6 Å². The van der Waals surface area contributed by atoms with E-state index in [1.807, 2.05) is 17.0 Å². The zero-order chi connectivity index (χ0) is 23.1. The molecule has 2 aromatic heterocycles. The SMILES string of the molecule is C[C@@H](Nc1ccccc1C(=O)O)c1cc(F)cn2c(=O)cc(N3Cc4ccccc4C3)nc12. The number of nitrogens with zero attached hydrogens (tertiary/aromatic N) is 3. The van der Waals surface area contributed by atoms with Crippen LogP contribution in [-0.2, 0) is 13.1 Å². The highest BCUT2D eigenvalue weighted by Crippen LogP contribution is 2.29. The average Bonchev–Trinajstić information content (AvgIpc) is 3.23. The summed E-state index contributed by atoms with van der Waals surface area (Å²) in [6, 6.07) is 16.8. The van der Waals surface area contributed by atoms with E-state index in [1.54, 1.807) is 25.1 Å². The van der Waals surface area contributed by atoms with Gasteiger partial charge in [-0.1, -0.05) is 36.4 Å². The Kier molecular flexibility index (Phi) is 5.05. The largest absolute Gasteiger partial charge is 0.478 e. The molecule has 0 spiro atoms. The van der Waals surface area contributed by atoms with E-state index >= 15 is 0 Å². The molecule has 0 saturated heterocycles. The lowest BCUT2D eigenvalue weighted by atomic mass is 10.1. The van der Waals surface area contributed by atoms with Gasteiger partial charge in [-0.05, 0) is 36.2 Å². The predicted octanol–water partition coefficient (Wildman–Crippen LogP) is 4.23. The average molecular weight is 444 g/mol. The number of carbonyl (C=O) groups is 1. The summed E-state index contributed by atoms with van der Waals surface area (Å²) in [5.74, 6) is -1.13. The van der Waals surface area contributed by atoms with Crippen LogP contribution >= 0.6 is 0 Å². The van der Waals surface area contributed by atoms with E-state index < -0.39 is 17.8 Å². The van der Waals surface area contributed by atoms with Crippen molar-refractivity contribution in [2.75, 3.05) is 10.2 Å². The molecular formula is C25H21FN4O3. The lowest BCUT2D eigenvalue weighted by molar-refractivity contribution is 0.0698. The fourth-order valence-electron chi connectivity index (χ4n) is 4.26. The lowest BCUT2D eigenvalue weighted by Gasteiger charge is -2.21. The quantitative estimate of drug-likeness (QED) is 0.479. The molecule has 1 aliphatic heterocycles. The van der Waals surface area contributed by atoms with Gasteiger partial charge >= 0.3 is 5.97 Å². The van der Waals surface area contributed by atoms with E-state index in [2.05, 4.69) is 17.4 Å². The number of benzene rings is 2. The fraction of sp³-hybridized carbons (Fsp3) is 0.160. The second-order valence-electron chi connectivity index (χ2n) is 8.10. The van der Waals surface area contributed by atoms with Crippen molar-refractivity contribution in [3.8, 4) is 0 Å². The molecule has 7 nitrogen and oxygen atoms in total. The first-order chi connectivity index (χ1) is 15.9. The van der Waals surface area contributed by atoms with Crippen LogP contribution in [-0.4, -0.2) is 20.5 Å². The summed E-state index contributed by atoms with van der Waals surface area (Å²) in [4.78, 5) is 31.2. The second-order valence-corrected chi connectivity index (χ2v) is 8.10. The summed E-state index contributed by atoms with van der Waals surface area (Å²) in [5.41, 5.74) is 3.25. The number of anilines is 2. The van der Waals surface area contributed by atoms with Crippen LogP contribution in [0.2, 0.25) is 0 Å². The Balaban J connectivity index is 1.57. The highest BCUT2D eigenvalue weighted by molar-refractivity contribution is 5.94. The first-order valence-electron chi connectivity index (χ1n) is 10.5. The number of halogens is 1. The minimum absolute atomic E-state index is 0.103. The van der Waals surface area contributed by atoms with Gasteiger partial charge in [-0.3, -0.25) is 9.20 Å². The molecule has 5 rings (SSSR count). The maximum absolute atomic E-state index is 14.4. The van der Waals surface area contributed by atoms with Crippen molar-refractivity contribution in [1.82, 2.24) is 9.38 Å². The molecule has 0 saturated carbocycles. The maximum atomic E-state index is 14.4. The number of rotatable bonds is 5. The van der Waals surface area contributed by atoms with Crippen molar-refractivity contribution in [2.24, 2.45) is 0 Å². The van der Waals surface area contributed by atoms with Gasteiger partial charge in [-0.15, -0.1) is 0 Å². The zero-order valence-corrected chi connectivity index (χ0v) is 17.8. The predicted molar refractivity (Wildman–Crippen MR) is 123 cm³/mol. The van der Waals surface area contributed by atoms with Crippen LogP contribution in [0.5, 0.6) is 0 Å². The van der Waals surface area contributed by atoms with Gasteiger partial charge in [0.1, 0.15) is 17.3 Å². The molecule has 8 heteroatoms. The molecule has 2 N–H and O–H groups in total. The number of nitrogens with one attached hydrogen (secondary N) is 1. The molecule has 166 valence electrons. The monoisotopic (exact) mass is 444 g/mol. The normalized spacial score (nSPS) is 13.7. The summed E-state index contributed by atoms with van der Waals surface area (Å²) in [6.45, 7) is 3.04. The van der Waals surface area contributed by atoms with Crippen molar-refractivity contribution >= 4 is 23.1 Å². The first-order valence-corrected chi connectivity index (χ1v) is 10.5. The van der Waals surface area contributed by atoms with Crippen LogP contribution in [0.4, 0.5) is 15.9 Å². The van der Waals surface area contributed by atoms with E-state index in [9.17, 15) is 19.1 Å². The van der Waals surface area contributed by atoms with Gasteiger partial charge in [-0.25, -0.2) is 14.2 Å². The van der Waals surface area contributed by atoms with Crippen LogP contribution in [0.1, 0.15) is 40.0 Å². The van der Waals surface area contributed by atoms with E-state index in [0.29, 0.717) is 35.8 Å². The molecule has 0 fully saturated rings. The Morgan fingerprint density at radius 3 is 2.45 bits per heavy atom. The van der Waals surface area contributed by atoms with Gasteiger partial charge in [0.2, 0.25) is 0 Å². The number of aromatic nitrogens is 2. The van der Waals surface area contributed by atoms with Crippen molar-refractivity contribution in [3.63, 3.8) is 0 Å². The molecular weight excluding hydrogens is 423 g/mol. The second kappa shape index (κ2) is 8.05. The van der Waals surface area contributed by atoms with E-state index in [1.165, 1.54) is 33.7 Å². The van der Waals surface area contributed by atoms with Crippen molar-refractivity contribution in [1.29, 1.82) is 0 Å². The van der Waals surface area contributed by atoms with Crippen LogP contribution in [0, 0.1) is 5.82 Å². The maximum Gasteiger partial charge on any atom is 0.337 e. The Morgan fingerprint density at radius 1 is 1.09 bits per heavy atom. The van der Waals surface area contributed by atoms with Crippen molar-refractivity contribution in [3.05, 3.63) is 105 Å². The molecule has 33 heavy (non-hydrogen) atoms. The molecule has 0 amide bonds. The third kappa shape index (κ3) is 3.80. The number of carboxylic acid groups (broad SMARTS) is 1. The molecule has 0 bridgehead atoms. The molecule has 0 unspecified atom stereocenters. The van der Waals surface area contributed by atoms with Gasteiger partial charge in [0.15, 0.2) is 0 Å². The molecule has 3 heterocycles.